The summed E-state index contributed by atoms with van der Waals surface area (Å²) in [5, 5.41) is 1.31. The highest BCUT2D eigenvalue weighted by molar-refractivity contribution is 8.00. The Balaban J connectivity index is 2.41. The minimum atomic E-state index is 0.138. The van der Waals surface area contributed by atoms with Crippen molar-refractivity contribution in [2.24, 2.45) is 0 Å². The van der Waals surface area contributed by atoms with E-state index in [1.165, 1.54) is 0 Å². The van der Waals surface area contributed by atoms with Crippen LogP contribution in [0.2, 0.25) is 0 Å². The van der Waals surface area contributed by atoms with Crippen molar-refractivity contribution in [1.82, 2.24) is 4.98 Å². The van der Waals surface area contributed by atoms with Crippen LogP contribution in [-0.4, -0.2) is 28.9 Å². The van der Waals surface area contributed by atoms with Crippen LogP contribution in [0.25, 0.3) is 10.9 Å². The van der Waals surface area contributed by atoms with Crippen molar-refractivity contribution in [3.63, 3.8) is 0 Å². The molecule has 1 aromatic heterocycles. The van der Waals surface area contributed by atoms with Gasteiger partial charge >= 0.3 is 0 Å². The molecule has 0 amide bonds. The summed E-state index contributed by atoms with van der Waals surface area (Å²) in [5.41, 5.74) is 1.46. The topological polar surface area (TPSA) is 39.2 Å². The van der Waals surface area contributed by atoms with Crippen molar-refractivity contribution in [2.45, 2.75) is 19.1 Å². The second-order valence-corrected chi connectivity index (χ2v) is 6.06. The molecule has 0 bridgehead atoms. The van der Waals surface area contributed by atoms with Gasteiger partial charge in [-0.2, -0.15) is 11.8 Å². The van der Waals surface area contributed by atoms with Crippen molar-refractivity contribution in [3.05, 3.63) is 36.0 Å². The molecule has 2 aromatic rings. The summed E-state index contributed by atoms with van der Waals surface area (Å²) in [6, 6.07) is 7.39. The van der Waals surface area contributed by atoms with Gasteiger partial charge in [0.2, 0.25) is 0 Å². The zero-order chi connectivity index (χ0) is 13.8. The van der Waals surface area contributed by atoms with E-state index in [1.54, 1.807) is 25.1 Å². The summed E-state index contributed by atoms with van der Waals surface area (Å²) in [5.74, 6) is 1.33. The lowest BCUT2D eigenvalue weighted by atomic mass is 10.0. The minimum absolute atomic E-state index is 0.138. The number of ketones is 1. The van der Waals surface area contributed by atoms with Crippen molar-refractivity contribution in [3.8, 4) is 5.75 Å². The molecule has 19 heavy (non-hydrogen) atoms. The molecule has 3 nitrogen and oxygen atoms in total. The Kier molecular flexibility index (Phi) is 4.43. The summed E-state index contributed by atoms with van der Waals surface area (Å²) in [6.45, 7) is 4.18. The predicted molar refractivity (Wildman–Crippen MR) is 80.2 cm³/mol. The molecule has 0 atom stereocenters. The molecule has 0 aliphatic heterocycles. The Morgan fingerprint density at radius 1 is 1.37 bits per heavy atom. The molecule has 2 rings (SSSR count). The normalized spacial score (nSPS) is 10.9. The highest BCUT2D eigenvalue weighted by Crippen LogP contribution is 2.27. The van der Waals surface area contributed by atoms with Gasteiger partial charge in [0.15, 0.2) is 5.78 Å². The number of methoxy groups -OCH3 is 1. The monoisotopic (exact) mass is 275 g/mol. The molecule has 1 heterocycles. The molecular formula is C15H17NO2S. The lowest BCUT2D eigenvalue weighted by Crippen LogP contribution is -2.06. The summed E-state index contributed by atoms with van der Waals surface area (Å²) < 4.78 is 5.28. The quantitative estimate of drug-likeness (QED) is 0.782. The first kappa shape index (κ1) is 13.9. The van der Waals surface area contributed by atoms with Crippen LogP contribution in [0.5, 0.6) is 5.75 Å². The first-order valence-electron chi connectivity index (χ1n) is 6.20. The standard InChI is InChI=1S/C15H17NO2S/c1-10(2)19-9-13(17)11-6-7-14(18-3)15-12(11)5-4-8-16-15/h4-8,10H,9H2,1-3H3. The maximum Gasteiger partial charge on any atom is 0.173 e. The van der Waals surface area contributed by atoms with E-state index in [4.69, 9.17) is 4.74 Å². The SMILES string of the molecule is COc1ccc(C(=O)CSC(C)C)c2cccnc12. The van der Waals surface area contributed by atoms with Gasteiger partial charge in [-0.15, -0.1) is 0 Å². The molecule has 0 spiro atoms. The van der Waals surface area contributed by atoms with E-state index in [0.717, 1.165) is 16.5 Å². The third-order valence-corrected chi connectivity index (χ3v) is 3.90. The van der Waals surface area contributed by atoms with E-state index in [2.05, 4.69) is 18.8 Å². The molecule has 0 aliphatic carbocycles. The van der Waals surface area contributed by atoms with E-state index >= 15 is 0 Å². The van der Waals surface area contributed by atoms with Gasteiger partial charge in [0.25, 0.3) is 0 Å². The van der Waals surface area contributed by atoms with Gasteiger partial charge in [0.1, 0.15) is 11.3 Å². The molecule has 0 radical (unpaired) electrons. The number of carbonyl (C=O) groups excluding carboxylic acids is 1. The summed E-state index contributed by atoms with van der Waals surface area (Å²) in [6.07, 6.45) is 1.71. The van der Waals surface area contributed by atoms with E-state index in [0.29, 0.717) is 16.8 Å². The third-order valence-electron chi connectivity index (χ3n) is 2.80. The molecule has 100 valence electrons. The van der Waals surface area contributed by atoms with Crippen LogP contribution in [-0.2, 0) is 0 Å². The van der Waals surface area contributed by atoms with Gasteiger partial charge in [-0.3, -0.25) is 9.78 Å². The molecule has 0 saturated carbocycles. The Bertz CT molecular complexity index is 596. The predicted octanol–water partition coefficient (Wildman–Crippen LogP) is 3.57. The Morgan fingerprint density at radius 2 is 2.16 bits per heavy atom. The number of pyridine rings is 1. The summed E-state index contributed by atoms with van der Waals surface area (Å²) >= 11 is 1.65. The average molecular weight is 275 g/mol. The van der Waals surface area contributed by atoms with E-state index in [-0.39, 0.29) is 5.78 Å². The number of rotatable bonds is 5. The fourth-order valence-electron chi connectivity index (χ4n) is 1.87. The Morgan fingerprint density at radius 3 is 2.84 bits per heavy atom. The molecule has 4 heteroatoms. The van der Waals surface area contributed by atoms with Crippen LogP contribution in [0.1, 0.15) is 24.2 Å². The van der Waals surface area contributed by atoms with Crippen molar-refractivity contribution < 1.29 is 9.53 Å². The number of thioether (sulfide) groups is 1. The molecule has 0 N–H and O–H groups in total. The number of nitrogens with zero attached hydrogens (tertiary/aromatic N) is 1. The lowest BCUT2D eigenvalue weighted by molar-refractivity contribution is 0.102. The van der Waals surface area contributed by atoms with Crippen LogP contribution in [0.15, 0.2) is 30.5 Å². The van der Waals surface area contributed by atoms with Gasteiger partial charge in [0.05, 0.1) is 12.9 Å². The fraction of sp³-hybridized carbons (Fsp3) is 0.333. The average Bonchev–Trinajstić information content (AvgIpc) is 2.43. The zero-order valence-electron chi connectivity index (χ0n) is 11.3. The lowest BCUT2D eigenvalue weighted by Gasteiger charge is -2.09. The number of ether oxygens (including phenoxy) is 1. The molecule has 0 saturated heterocycles. The van der Waals surface area contributed by atoms with Gasteiger partial charge in [-0.05, 0) is 23.4 Å². The van der Waals surface area contributed by atoms with Crippen LogP contribution < -0.4 is 4.74 Å². The first-order chi connectivity index (χ1) is 9.13. The minimum Gasteiger partial charge on any atom is -0.494 e. The van der Waals surface area contributed by atoms with Crippen LogP contribution in [0, 0.1) is 0 Å². The van der Waals surface area contributed by atoms with Gasteiger partial charge in [-0.1, -0.05) is 19.9 Å². The highest BCUT2D eigenvalue weighted by atomic mass is 32.2. The Hall–Kier alpha value is -1.55. The number of aromatic nitrogens is 1. The number of hydrogen-bond donors (Lipinski definition) is 0. The smallest absolute Gasteiger partial charge is 0.173 e. The summed E-state index contributed by atoms with van der Waals surface area (Å²) in [7, 11) is 1.61. The fourth-order valence-corrected chi connectivity index (χ4v) is 2.51. The van der Waals surface area contributed by atoms with E-state index < -0.39 is 0 Å². The van der Waals surface area contributed by atoms with E-state index in [9.17, 15) is 4.79 Å². The molecule has 0 unspecified atom stereocenters. The second-order valence-electron chi connectivity index (χ2n) is 4.50. The molecule has 0 fully saturated rings. The van der Waals surface area contributed by atoms with Gasteiger partial charge < -0.3 is 4.74 Å². The van der Waals surface area contributed by atoms with Gasteiger partial charge in [-0.25, -0.2) is 0 Å². The number of hydrogen-bond acceptors (Lipinski definition) is 4. The molecule has 1 aromatic carbocycles. The number of carbonyl (C=O) groups is 1. The zero-order valence-corrected chi connectivity index (χ0v) is 12.2. The maximum atomic E-state index is 12.3. The van der Waals surface area contributed by atoms with Gasteiger partial charge in [0, 0.05) is 17.1 Å². The van der Waals surface area contributed by atoms with Crippen LogP contribution in [0.4, 0.5) is 0 Å². The second kappa shape index (κ2) is 6.06. The molecular weight excluding hydrogens is 258 g/mol. The maximum absolute atomic E-state index is 12.3. The van der Waals surface area contributed by atoms with Crippen molar-refractivity contribution in [1.29, 1.82) is 0 Å². The number of fused-ring (bicyclic) bond motifs is 1. The Labute approximate surface area is 117 Å². The number of benzene rings is 1. The highest BCUT2D eigenvalue weighted by Gasteiger charge is 2.14. The van der Waals surface area contributed by atoms with Crippen LogP contribution in [0.3, 0.4) is 0 Å². The van der Waals surface area contributed by atoms with Crippen molar-refractivity contribution in [2.75, 3.05) is 12.9 Å². The van der Waals surface area contributed by atoms with Crippen molar-refractivity contribution >= 4 is 28.4 Å². The van der Waals surface area contributed by atoms with E-state index in [1.807, 2.05) is 24.3 Å². The third kappa shape index (κ3) is 3.07. The molecule has 0 aliphatic rings. The largest absolute Gasteiger partial charge is 0.494 e. The number of Topliss-reactive ketones (excluding diaryl/α,β-unsaturated/α-hetero) is 1. The summed E-state index contributed by atoms with van der Waals surface area (Å²) in [4.78, 5) is 16.6. The first-order valence-corrected chi connectivity index (χ1v) is 7.25. The van der Waals surface area contributed by atoms with Crippen LogP contribution >= 0.6 is 11.8 Å².